The second kappa shape index (κ2) is 5.84. The lowest BCUT2D eigenvalue weighted by Crippen LogP contribution is -2.06. The van der Waals surface area contributed by atoms with Crippen LogP contribution >= 0.6 is 22.9 Å². The van der Waals surface area contributed by atoms with E-state index in [4.69, 9.17) is 21.4 Å². The first-order chi connectivity index (χ1) is 8.66. The lowest BCUT2D eigenvalue weighted by molar-refractivity contribution is 0.0689. The molecule has 0 saturated carbocycles. The number of ether oxygens (including phenoxy) is 1. The average Bonchev–Trinajstić information content (AvgIpc) is 2.84. The fourth-order valence-electron chi connectivity index (χ4n) is 1.37. The zero-order chi connectivity index (χ0) is 13.0. The summed E-state index contributed by atoms with van der Waals surface area (Å²) in [7, 11) is 0. The fourth-order valence-corrected chi connectivity index (χ4v) is 2.24. The Morgan fingerprint density at radius 3 is 2.94 bits per heavy atom. The quantitative estimate of drug-likeness (QED) is 0.916. The number of rotatable bonds is 5. The molecule has 0 amide bonds. The number of thiophene rings is 1. The van der Waals surface area contributed by atoms with Gasteiger partial charge in [-0.3, -0.25) is 0 Å². The monoisotopic (exact) mass is 283 g/mol. The van der Waals surface area contributed by atoms with Crippen LogP contribution in [0.2, 0.25) is 5.02 Å². The highest BCUT2D eigenvalue weighted by Crippen LogP contribution is 2.18. The van der Waals surface area contributed by atoms with Gasteiger partial charge in [0.05, 0.1) is 11.6 Å². The van der Waals surface area contributed by atoms with Gasteiger partial charge in [-0.1, -0.05) is 17.7 Å². The van der Waals surface area contributed by atoms with Crippen molar-refractivity contribution < 1.29 is 14.6 Å². The summed E-state index contributed by atoms with van der Waals surface area (Å²) in [6.07, 6.45) is 0.768. The molecule has 6 heteroatoms. The minimum absolute atomic E-state index is 0.105. The molecule has 2 aromatic rings. The van der Waals surface area contributed by atoms with Crippen molar-refractivity contribution in [2.45, 2.75) is 6.42 Å². The van der Waals surface area contributed by atoms with Gasteiger partial charge in [-0.15, -0.1) is 11.3 Å². The summed E-state index contributed by atoms with van der Waals surface area (Å²) in [4.78, 5) is 15.9. The number of hydrogen-bond donors (Lipinski definition) is 1. The zero-order valence-corrected chi connectivity index (χ0v) is 10.9. The molecule has 0 bridgehead atoms. The smallest absolute Gasteiger partial charge is 0.356 e. The first-order valence-electron chi connectivity index (χ1n) is 5.22. The molecule has 0 atom stereocenters. The van der Waals surface area contributed by atoms with Gasteiger partial charge in [-0.2, -0.15) is 0 Å². The van der Waals surface area contributed by atoms with Crippen LogP contribution in [-0.4, -0.2) is 22.7 Å². The zero-order valence-electron chi connectivity index (χ0n) is 9.30. The van der Waals surface area contributed by atoms with E-state index in [0.717, 1.165) is 6.42 Å². The fraction of sp³-hybridized carbons (Fsp3) is 0.167. The molecular weight excluding hydrogens is 274 g/mol. The lowest BCUT2D eigenvalue weighted by atomic mass is 10.3. The van der Waals surface area contributed by atoms with Gasteiger partial charge in [-0.25, -0.2) is 9.78 Å². The molecule has 4 nitrogen and oxygen atoms in total. The Morgan fingerprint density at radius 1 is 1.44 bits per heavy atom. The Kier molecular flexibility index (Phi) is 4.17. The first-order valence-corrected chi connectivity index (χ1v) is 6.47. The number of hydrogen-bond acceptors (Lipinski definition) is 4. The molecule has 0 saturated heterocycles. The number of halogens is 1. The van der Waals surface area contributed by atoms with E-state index in [-0.39, 0.29) is 16.6 Å². The molecule has 0 fully saturated rings. The Hall–Kier alpha value is -1.59. The molecule has 0 spiro atoms. The summed E-state index contributed by atoms with van der Waals surface area (Å²) in [5, 5.41) is 11.0. The molecule has 0 radical (unpaired) electrons. The standard InChI is InChI=1S/C12H10ClNO3S/c13-9-3-4-10(14-11(9)12(15)16)17-6-5-8-2-1-7-18-8/h1-4,7H,5-6H2,(H,15,16). The Morgan fingerprint density at radius 2 is 2.28 bits per heavy atom. The van der Waals surface area contributed by atoms with Gasteiger partial charge in [0.1, 0.15) is 0 Å². The van der Waals surface area contributed by atoms with E-state index in [0.29, 0.717) is 6.61 Å². The van der Waals surface area contributed by atoms with Crippen molar-refractivity contribution >= 4 is 28.9 Å². The summed E-state index contributed by atoms with van der Waals surface area (Å²) in [5.41, 5.74) is -0.190. The van der Waals surface area contributed by atoms with Crippen LogP contribution < -0.4 is 4.74 Å². The number of carboxylic acids is 1. The van der Waals surface area contributed by atoms with Gasteiger partial charge in [-0.05, 0) is 17.5 Å². The van der Waals surface area contributed by atoms with E-state index in [9.17, 15) is 4.79 Å². The molecule has 0 aliphatic rings. The van der Waals surface area contributed by atoms with Crippen LogP contribution in [0.25, 0.3) is 0 Å². The van der Waals surface area contributed by atoms with Crippen LogP contribution in [0.4, 0.5) is 0 Å². The number of carboxylic acid groups (broad SMARTS) is 1. The second-order valence-electron chi connectivity index (χ2n) is 3.46. The minimum atomic E-state index is -1.16. The molecule has 0 unspecified atom stereocenters. The van der Waals surface area contributed by atoms with Crippen molar-refractivity contribution in [2.75, 3.05) is 6.61 Å². The molecule has 2 aromatic heterocycles. The summed E-state index contributed by atoms with van der Waals surface area (Å²) >= 11 is 7.36. The molecule has 1 N–H and O–H groups in total. The third-order valence-corrected chi connectivity index (χ3v) is 3.44. The molecule has 0 aromatic carbocycles. The highest BCUT2D eigenvalue weighted by atomic mass is 35.5. The summed E-state index contributed by atoms with van der Waals surface area (Å²) < 4.78 is 5.40. The van der Waals surface area contributed by atoms with Crippen LogP contribution in [0.3, 0.4) is 0 Å². The molecule has 94 valence electrons. The van der Waals surface area contributed by atoms with Gasteiger partial charge < -0.3 is 9.84 Å². The van der Waals surface area contributed by atoms with E-state index in [1.165, 1.54) is 10.9 Å². The van der Waals surface area contributed by atoms with Crippen molar-refractivity contribution in [3.05, 3.63) is 45.2 Å². The van der Waals surface area contributed by atoms with Crippen LogP contribution in [0.15, 0.2) is 29.6 Å². The molecule has 2 heterocycles. The van der Waals surface area contributed by atoms with Crippen molar-refractivity contribution in [1.82, 2.24) is 4.98 Å². The summed E-state index contributed by atoms with van der Waals surface area (Å²) in [6, 6.07) is 7.02. The highest BCUT2D eigenvalue weighted by Gasteiger charge is 2.11. The maximum atomic E-state index is 10.8. The summed E-state index contributed by atoms with van der Waals surface area (Å²) in [6.45, 7) is 0.453. The largest absolute Gasteiger partial charge is 0.477 e. The SMILES string of the molecule is O=C(O)c1nc(OCCc2cccs2)ccc1Cl. The Bertz CT molecular complexity index is 542. The van der Waals surface area contributed by atoms with Crippen molar-refractivity contribution in [1.29, 1.82) is 0 Å². The van der Waals surface area contributed by atoms with Crippen molar-refractivity contribution in [3.8, 4) is 5.88 Å². The normalized spacial score (nSPS) is 10.3. The molecule has 2 rings (SSSR count). The maximum absolute atomic E-state index is 10.8. The molecule has 18 heavy (non-hydrogen) atoms. The van der Waals surface area contributed by atoms with Gasteiger partial charge in [0.2, 0.25) is 5.88 Å². The predicted molar refractivity (Wildman–Crippen MR) is 69.7 cm³/mol. The highest BCUT2D eigenvalue weighted by molar-refractivity contribution is 7.09. The lowest BCUT2D eigenvalue weighted by Gasteiger charge is -2.05. The van der Waals surface area contributed by atoms with E-state index in [2.05, 4.69) is 4.98 Å². The third kappa shape index (κ3) is 3.21. The van der Waals surface area contributed by atoms with Crippen LogP contribution in [0.5, 0.6) is 5.88 Å². The summed E-state index contributed by atoms with van der Waals surface area (Å²) in [5.74, 6) is -0.892. The predicted octanol–water partition coefficient (Wildman–Crippen LogP) is 3.12. The van der Waals surface area contributed by atoms with E-state index in [1.807, 2.05) is 17.5 Å². The third-order valence-electron chi connectivity index (χ3n) is 2.20. The van der Waals surface area contributed by atoms with Gasteiger partial charge in [0.25, 0.3) is 0 Å². The number of carbonyl (C=O) groups is 1. The van der Waals surface area contributed by atoms with Crippen molar-refractivity contribution in [2.24, 2.45) is 0 Å². The number of nitrogens with zero attached hydrogens (tertiary/aromatic N) is 1. The van der Waals surface area contributed by atoms with Crippen LogP contribution in [0.1, 0.15) is 15.4 Å². The molecule has 0 aliphatic carbocycles. The van der Waals surface area contributed by atoms with Crippen LogP contribution in [-0.2, 0) is 6.42 Å². The van der Waals surface area contributed by atoms with Gasteiger partial charge in [0.15, 0.2) is 5.69 Å². The van der Waals surface area contributed by atoms with Crippen LogP contribution in [0, 0.1) is 0 Å². The Labute approximate surface area is 113 Å². The van der Waals surface area contributed by atoms with E-state index < -0.39 is 5.97 Å². The number of aromatic carboxylic acids is 1. The van der Waals surface area contributed by atoms with E-state index in [1.54, 1.807) is 17.4 Å². The minimum Gasteiger partial charge on any atom is -0.477 e. The maximum Gasteiger partial charge on any atom is 0.356 e. The molecule has 0 aliphatic heterocycles. The van der Waals surface area contributed by atoms with E-state index >= 15 is 0 Å². The molecular formula is C12H10ClNO3S. The Balaban J connectivity index is 1.97. The number of aromatic nitrogens is 1. The topological polar surface area (TPSA) is 59.4 Å². The number of pyridine rings is 1. The first kappa shape index (κ1) is 12.9. The average molecular weight is 284 g/mol. The van der Waals surface area contributed by atoms with Gasteiger partial charge in [0, 0.05) is 17.4 Å². The second-order valence-corrected chi connectivity index (χ2v) is 4.90. The van der Waals surface area contributed by atoms with Crippen molar-refractivity contribution in [3.63, 3.8) is 0 Å². The van der Waals surface area contributed by atoms with Gasteiger partial charge >= 0.3 is 5.97 Å².